The molecule has 0 saturated carbocycles. The Morgan fingerprint density at radius 2 is 1.76 bits per heavy atom. The van der Waals surface area contributed by atoms with Gasteiger partial charge in [-0.3, -0.25) is 0 Å². The Morgan fingerprint density at radius 3 is 2.43 bits per heavy atom. The van der Waals surface area contributed by atoms with Gasteiger partial charge < -0.3 is 9.15 Å². The number of benzene rings is 2. The zero-order valence-corrected chi connectivity index (χ0v) is 12.2. The van der Waals surface area contributed by atoms with E-state index in [1.54, 1.807) is 30.5 Å². The van der Waals surface area contributed by atoms with Gasteiger partial charge in [0.1, 0.15) is 17.3 Å². The van der Waals surface area contributed by atoms with Gasteiger partial charge >= 0.3 is 0 Å². The van der Waals surface area contributed by atoms with E-state index in [0.29, 0.717) is 10.2 Å². The quantitative estimate of drug-likeness (QED) is 0.597. The van der Waals surface area contributed by atoms with Crippen LogP contribution in [0.25, 0.3) is 11.3 Å². The first-order valence-electron chi connectivity index (χ1n) is 6.10. The molecule has 0 amide bonds. The summed E-state index contributed by atoms with van der Waals surface area (Å²) in [5, 5.41) is 0. The molecule has 0 unspecified atom stereocenters. The summed E-state index contributed by atoms with van der Waals surface area (Å²) in [5.41, 5.74) is 0.860. The van der Waals surface area contributed by atoms with Crippen LogP contribution in [-0.2, 0) is 0 Å². The minimum atomic E-state index is -0.753. The first-order valence-corrected chi connectivity index (χ1v) is 6.89. The van der Waals surface area contributed by atoms with E-state index in [0.717, 1.165) is 23.5 Å². The molecule has 0 saturated heterocycles. The predicted molar refractivity (Wildman–Crippen MR) is 78.3 cm³/mol. The van der Waals surface area contributed by atoms with Crippen LogP contribution in [0.15, 0.2) is 63.7 Å². The van der Waals surface area contributed by atoms with Crippen LogP contribution in [0.4, 0.5) is 8.78 Å². The van der Waals surface area contributed by atoms with E-state index in [9.17, 15) is 8.78 Å². The summed E-state index contributed by atoms with van der Waals surface area (Å²) in [7, 11) is 0. The second-order valence-corrected chi connectivity index (χ2v) is 5.15. The first kappa shape index (κ1) is 13.8. The maximum atomic E-state index is 13.6. The Kier molecular flexibility index (Phi) is 3.75. The molecule has 2 nitrogen and oxygen atoms in total. The summed E-state index contributed by atoms with van der Waals surface area (Å²) in [6, 6.07) is 12.1. The SMILES string of the molecule is Fc1ccc(Oc2ccc(-c3ccco3)cc2Br)c(F)c1. The number of hydrogen-bond acceptors (Lipinski definition) is 2. The summed E-state index contributed by atoms with van der Waals surface area (Å²) >= 11 is 3.37. The van der Waals surface area contributed by atoms with Gasteiger partial charge in [-0.1, -0.05) is 0 Å². The predicted octanol–water partition coefficient (Wildman–Crippen LogP) is 5.78. The van der Waals surface area contributed by atoms with Crippen molar-refractivity contribution in [2.75, 3.05) is 0 Å². The standard InChI is InChI=1S/C16H9BrF2O2/c17-12-8-10(14-2-1-7-20-14)3-5-15(12)21-16-6-4-11(18)9-13(16)19/h1-9H. The number of hydrogen-bond donors (Lipinski definition) is 0. The Labute approximate surface area is 128 Å². The van der Waals surface area contributed by atoms with Crippen LogP contribution in [0.2, 0.25) is 0 Å². The smallest absolute Gasteiger partial charge is 0.168 e. The molecule has 0 aliphatic heterocycles. The van der Waals surface area contributed by atoms with E-state index in [-0.39, 0.29) is 5.75 Å². The summed E-state index contributed by atoms with van der Waals surface area (Å²) in [6.07, 6.45) is 1.58. The lowest BCUT2D eigenvalue weighted by Gasteiger charge is -2.09. The number of halogens is 3. The molecule has 0 atom stereocenters. The van der Waals surface area contributed by atoms with Crippen LogP contribution < -0.4 is 4.74 Å². The van der Waals surface area contributed by atoms with Crippen LogP contribution >= 0.6 is 15.9 Å². The topological polar surface area (TPSA) is 22.4 Å². The van der Waals surface area contributed by atoms with Gasteiger partial charge in [0.25, 0.3) is 0 Å². The van der Waals surface area contributed by atoms with E-state index in [2.05, 4.69) is 15.9 Å². The summed E-state index contributed by atoms with van der Waals surface area (Å²) in [5.74, 6) is -0.294. The van der Waals surface area contributed by atoms with Gasteiger partial charge in [0.05, 0.1) is 10.7 Å². The van der Waals surface area contributed by atoms with E-state index in [1.165, 1.54) is 6.07 Å². The van der Waals surface area contributed by atoms with Crippen LogP contribution in [0.1, 0.15) is 0 Å². The van der Waals surface area contributed by atoms with E-state index in [4.69, 9.17) is 9.15 Å². The Balaban J connectivity index is 1.89. The Bertz CT molecular complexity index is 770. The molecule has 0 radical (unpaired) electrons. The average Bonchev–Trinajstić information content (AvgIpc) is 2.98. The molecule has 3 aromatic rings. The van der Waals surface area contributed by atoms with Gasteiger partial charge in [-0.2, -0.15) is 0 Å². The highest BCUT2D eigenvalue weighted by Gasteiger charge is 2.10. The molecule has 3 rings (SSSR count). The second kappa shape index (κ2) is 5.69. The minimum absolute atomic E-state index is 0.0390. The molecule has 106 valence electrons. The van der Waals surface area contributed by atoms with Crippen molar-refractivity contribution in [2.45, 2.75) is 0 Å². The molecule has 0 aliphatic rings. The summed E-state index contributed by atoms with van der Waals surface area (Å²) in [6.45, 7) is 0. The van der Waals surface area contributed by atoms with Crippen LogP contribution in [0.3, 0.4) is 0 Å². The van der Waals surface area contributed by atoms with Crippen LogP contribution in [-0.4, -0.2) is 0 Å². The first-order chi connectivity index (χ1) is 10.1. The molecular weight excluding hydrogens is 342 g/mol. The Hall–Kier alpha value is -2.14. The van der Waals surface area contributed by atoms with Crippen LogP contribution in [0, 0.1) is 11.6 Å². The number of rotatable bonds is 3. The zero-order valence-electron chi connectivity index (χ0n) is 10.6. The van der Waals surface area contributed by atoms with Crippen molar-refractivity contribution in [2.24, 2.45) is 0 Å². The lowest BCUT2D eigenvalue weighted by atomic mass is 10.2. The molecule has 2 aromatic carbocycles. The minimum Gasteiger partial charge on any atom is -0.464 e. The maximum absolute atomic E-state index is 13.6. The molecular formula is C16H9BrF2O2. The highest BCUT2D eigenvalue weighted by atomic mass is 79.9. The molecule has 5 heteroatoms. The van der Waals surface area contributed by atoms with Gasteiger partial charge in [0.2, 0.25) is 0 Å². The molecule has 0 bridgehead atoms. The zero-order chi connectivity index (χ0) is 14.8. The monoisotopic (exact) mass is 350 g/mol. The molecule has 0 N–H and O–H groups in total. The molecule has 1 aromatic heterocycles. The third-order valence-corrected chi connectivity index (χ3v) is 3.47. The highest BCUT2D eigenvalue weighted by Crippen LogP contribution is 2.34. The molecule has 0 fully saturated rings. The number of furan rings is 1. The lowest BCUT2D eigenvalue weighted by molar-refractivity contribution is 0.435. The lowest BCUT2D eigenvalue weighted by Crippen LogP contribution is -1.90. The number of ether oxygens (including phenoxy) is 1. The largest absolute Gasteiger partial charge is 0.464 e. The van der Waals surface area contributed by atoms with Gasteiger partial charge in [-0.15, -0.1) is 0 Å². The van der Waals surface area contributed by atoms with E-state index in [1.807, 2.05) is 6.07 Å². The third-order valence-electron chi connectivity index (χ3n) is 2.85. The summed E-state index contributed by atoms with van der Waals surface area (Å²) in [4.78, 5) is 0. The van der Waals surface area contributed by atoms with Gasteiger partial charge in [-0.25, -0.2) is 8.78 Å². The normalized spacial score (nSPS) is 10.6. The van der Waals surface area contributed by atoms with Crippen molar-refractivity contribution in [1.82, 2.24) is 0 Å². The van der Waals surface area contributed by atoms with E-state index >= 15 is 0 Å². The van der Waals surface area contributed by atoms with Crippen molar-refractivity contribution in [1.29, 1.82) is 0 Å². The third kappa shape index (κ3) is 2.97. The maximum Gasteiger partial charge on any atom is 0.168 e. The molecule has 1 heterocycles. The van der Waals surface area contributed by atoms with Crippen molar-refractivity contribution in [3.8, 4) is 22.8 Å². The molecule has 21 heavy (non-hydrogen) atoms. The highest BCUT2D eigenvalue weighted by molar-refractivity contribution is 9.10. The average molecular weight is 351 g/mol. The fraction of sp³-hybridized carbons (Fsp3) is 0. The van der Waals surface area contributed by atoms with Crippen molar-refractivity contribution in [3.05, 3.63) is 70.9 Å². The fourth-order valence-electron chi connectivity index (χ4n) is 1.86. The van der Waals surface area contributed by atoms with Crippen molar-refractivity contribution < 1.29 is 17.9 Å². The molecule has 0 aliphatic carbocycles. The van der Waals surface area contributed by atoms with Gasteiger partial charge in [-0.05, 0) is 58.4 Å². The second-order valence-electron chi connectivity index (χ2n) is 4.30. The van der Waals surface area contributed by atoms with Gasteiger partial charge in [0, 0.05) is 11.6 Å². The van der Waals surface area contributed by atoms with E-state index < -0.39 is 11.6 Å². The van der Waals surface area contributed by atoms with Crippen molar-refractivity contribution in [3.63, 3.8) is 0 Å². The van der Waals surface area contributed by atoms with Crippen molar-refractivity contribution >= 4 is 15.9 Å². The molecule has 0 spiro atoms. The summed E-state index contributed by atoms with van der Waals surface area (Å²) < 4.78 is 37.8. The van der Waals surface area contributed by atoms with Gasteiger partial charge in [0.15, 0.2) is 11.6 Å². The fourth-order valence-corrected chi connectivity index (χ4v) is 2.32. The Morgan fingerprint density at radius 1 is 0.952 bits per heavy atom. The van der Waals surface area contributed by atoms with Crippen LogP contribution in [0.5, 0.6) is 11.5 Å².